The van der Waals surface area contributed by atoms with E-state index >= 15 is 0 Å². The normalized spacial score (nSPS) is 17.1. The van der Waals surface area contributed by atoms with Gasteiger partial charge < -0.3 is 4.57 Å². The number of carbonyl (C=O) groups excluding carboxylic acids is 1. The second-order valence-corrected chi connectivity index (χ2v) is 12.1. The van der Waals surface area contributed by atoms with E-state index in [0.29, 0.717) is 24.0 Å². The van der Waals surface area contributed by atoms with Crippen LogP contribution in [0.5, 0.6) is 0 Å². The molecule has 0 saturated heterocycles. The SMILES string of the molecule is O=C(C[C@H](/C=C/CCC1CCCCC1)C1CC1)c1cncn1C(c1ccccc1)(c1ccccc1)c1ccccc1. The number of Topliss-reactive ketones (excluding diaryl/α,β-unsaturated/α-hetero) is 1. The summed E-state index contributed by atoms with van der Waals surface area (Å²) in [4.78, 5) is 18.8. The molecule has 3 aromatic carbocycles. The smallest absolute Gasteiger partial charge is 0.181 e. The van der Waals surface area contributed by atoms with Crippen LogP contribution in [0.1, 0.15) is 91.4 Å². The highest BCUT2D eigenvalue weighted by molar-refractivity contribution is 5.95. The van der Waals surface area contributed by atoms with Gasteiger partial charge in [-0.05, 0) is 60.1 Å². The highest BCUT2D eigenvalue weighted by Gasteiger charge is 2.41. The summed E-state index contributed by atoms with van der Waals surface area (Å²) >= 11 is 0. The van der Waals surface area contributed by atoms with Crippen LogP contribution in [0.4, 0.5) is 0 Å². The molecule has 0 amide bonds. The van der Waals surface area contributed by atoms with Crippen LogP contribution in [0.15, 0.2) is 116 Å². The summed E-state index contributed by atoms with van der Waals surface area (Å²) in [5.41, 5.74) is 3.25. The van der Waals surface area contributed by atoms with Crippen molar-refractivity contribution in [3.63, 3.8) is 0 Å². The molecule has 2 aliphatic rings. The Balaban J connectivity index is 1.33. The molecule has 3 nitrogen and oxygen atoms in total. The van der Waals surface area contributed by atoms with E-state index in [2.05, 4.69) is 94.5 Å². The van der Waals surface area contributed by atoms with Crippen LogP contribution in [0, 0.1) is 17.8 Å². The lowest BCUT2D eigenvalue weighted by molar-refractivity contribution is 0.0953. The van der Waals surface area contributed by atoms with Gasteiger partial charge in [-0.25, -0.2) is 4.98 Å². The molecule has 0 radical (unpaired) electrons. The first-order valence-electron chi connectivity index (χ1n) is 15.7. The molecule has 2 fully saturated rings. The van der Waals surface area contributed by atoms with Gasteiger partial charge in [-0.1, -0.05) is 135 Å². The number of nitrogens with zero attached hydrogens (tertiary/aromatic N) is 2. The molecule has 1 heterocycles. The fourth-order valence-electron chi connectivity index (χ4n) is 7.04. The lowest BCUT2D eigenvalue weighted by Gasteiger charge is -2.38. The molecule has 0 aliphatic heterocycles. The Morgan fingerprint density at radius 3 is 1.90 bits per heavy atom. The topological polar surface area (TPSA) is 34.9 Å². The average Bonchev–Trinajstić information content (AvgIpc) is 3.77. The van der Waals surface area contributed by atoms with E-state index in [4.69, 9.17) is 0 Å². The lowest BCUT2D eigenvalue weighted by Crippen LogP contribution is -2.39. The molecule has 210 valence electrons. The van der Waals surface area contributed by atoms with Crippen molar-refractivity contribution in [1.82, 2.24) is 9.55 Å². The van der Waals surface area contributed by atoms with Crippen molar-refractivity contribution in [2.45, 2.75) is 69.7 Å². The van der Waals surface area contributed by atoms with Gasteiger partial charge in [-0.3, -0.25) is 4.79 Å². The summed E-state index contributed by atoms with van der Waals surface area (Å²) in [6, 6.07) is 31.6. The third-order valence-corrected chi connectivity index (χ3v) is 9.36. The van der Waals surface area contributed by atoms with E-state index in [0.717, 1.165) is 29.0 Å². The van der Waals surface area contributed by atoms with Gasteiger partial charge in [0.15, 0.2) is 5.78 Å². The molecule has 1 atom stereocenters. The minimum Gasteiger partial charge on any atom is -0.309 e. The van der Waals surface area contributed by atoms with Crippen molar-refractivity contribution < 1.29 is 4.79 Å². The van der Waals surface area contributed by atoms with E-state index < -0.39 is 5.54 Å². The van der Waals surface area contributed by atoms with Gasteiger partial charge in [0.25, 0.3) is 0 Å². The fourth-order valence-corrected chi connectivity index (χ4v) is 7.04. The Labute approximate surface area is 245 Å². The summed E-state index contributed by atoms with van der Waals surface area (Å²) in [7, 11) is 0. The summed E-state index contributed by atoms with van der Waals surface area (Å²) in [6.07, 6.45) is 20.8. The standard InChI is InChI=1S/C38H42N2O/c41-37(27-32(31-25-26-31)18-14-13-17-30-15-5-1-6-16-30)36-28-39-29-40(36)38(33-19-7-2-8-20-33,34-21-9-3-10-22-34)35-23-11-4-12-24-35/h2-4,7-12,14,18-24,28-32H,1,5-6,13,15-17,25-27H2/b18-14+/t32-/m0/s1. The van der Waals surface area contributed by atoms with Gasteiger partial charge in [0.1, 0.15) is 11.2 Å². The number of allylic oxidation sites excluding steroid dienone is 2. The molecular weight excluding hydrogens is 500 g/mol. The monoisotopic (exact) mass is 542 g/mol. The molecule has 0 unspecified atom stereocenters. The Morgan fingerprint density at radius 1 is 0.805 bits per heavy atom. The predicted octanol–water partition coefficient (Wildman–Crippen LogP) is 9.24. The lowest BCUT2D eigenvalue weighted by atomic mass is 9.76. The molecule has 2 saturated carbocycles. The first-order valence-corrected chi connectivity index (χ1v) is 15.7. The third-order valence-electron chi connectivity index (χ3n) is 9.36. The number of ketones is 1. The second kappa shape index (κ2) is 12.9. The van der Waals surface area contributed by atoms with Gasteiger partial charge in [0, 0.05) is 6.42 Å². The van der Waals surface area contributed by atoms with Crippen LogP contribution >= 0.6 is 0 Å². The van der Waals surface area contributed by atoms with E-state index in [1.165, 1.54) is 51.4 Å². The van der Waals surface area contributed by atoms with E-state index in [1.54, 1.807) is 6.20 Å². The van der Waals surface area contributed by atoms with Gasteiger partial charge >= 0.3 is 0 Å². The van der Waals surface area contributed by atoms with Crippen LogP contribution in [0.3, 0.4) is 0 Å². The van der Waals surface area contributed by atoms with Crippen molar-refractivity contribution >= 4 is 5.78 Å². The zero-order valence-electron chi connectivity index (χ0n) is 24.1. The molecule has 2 aliphatic carbocycles. The molecule has 6 rings (SSSR count). The Kier molecular flexibility index (Phi) is 8.60. The van der Waals surface area contributed by atoms with Crippen molar-refractivity contribution in [3.05, 3.63) is 138 Å². The van der Waals surface area contributed by atoms with Crippen molar-refractivity contribution in [2.75, 3.05) is 0 Å². The molecule has 1 aromatic heterocycles. The molecule has 0 N–H and O–H groups in total. The maximum atomic E-state index is 14.2. The van der Waals surface area contributed by atoms with Gasteiger partial charge in [-0.15, -0.1) is 0 Å². The zero-order valence-corrected chi connectivity index (χ0v) is 24.1. The van der Waals surface area contributed by atoms with Crippen LogP contribution in [-0.4, -0.2) is 15.3 Å². The summed E-state index contributed by atoms with van der Waals surface area (Å²) < 4.78 is 2.13. The second-order valence-electron chi connectivity index (χ2n) is 12.1. The first kappa shape index (κ1) is 27.4. The van der Waals surface area contributed by atoms with E-state index in [1.807, 2.05) is 24.5 Å². The molecule has 41 heavy (non-hydrogen) atoms. The quantitative estimate of drug-likeness (QED) is 0.102. The third kappa shape index (κ3) is 6.00. The Hall–Kier alpha value is -3.72. The van der Waals surface area contributed by atoms with Crippen molar-refractivity contribution in [2.24, 2.45) is 17.8 Å². The highest BCUT2D eigenvalue weighted by Crippen LogP contribution is 2.43. The molecule has 4 aromatic rings. The number of benzene rings is 3. The van der Waals surface area contributed by atoms with Crippen LogP contribution in [-0.2, 0) is 5.54 Å². The number of carbonyl (C=O) groups is 1. The van der Waals surface area contributed by atoms with Gasteiger partial charge in [0.2, 0.25) is 0 Å². The molecule has 0 spiro atoms. The maximum absolute atomic E-state index is 14.2. The highest BCUT2D eigenvalue weighted by atomic mass is 16.1. The summed E-state index contributed by atoms with van der Waals surface area (Å²) in [5.74, 6) is 1.99. The van der Waals surface area contributed by atoms with E-state index in [9.17, 15) is 4.79 Å². The predicted molar refractivity (Wildman–Crippen MR) is 167 cm³/mol. The Bertz CT molecular complexity index is 1320. The zero-order chi connectivity index (χ0) is 27.9. The number of aromatic nitrogens is 2. The van der Waals surface area contributed by atoms with Crippen molar-refractivity contribution in [3.8, 4) is 0 Å². The maximum Gasteiger partial charge on any atom is 0.181 e. The van der Waals surface area contributed by atoms with Crippen molar-refractivity contribution in [1.29, 1.82) is 0 Å². The van der Waals surface area contributed by atoms with Crippen LogP contribution in [0.25, 0.3) is 0 Å². The Morgan fingerprint density at radius 2 is 1.37 bits per heavy atom. The van der Waals surface area contributed by atoms with Crippen LogP contribution in [0.2, 0.25) is 0 Å². The number of imidazole rings is 1. The minimum absolute atomic E-state index is 0.170. The fraction of sp³-hybridized carbons (Fsp3) is 0.368. The number of hydrogen-bond donors (Lipinski definition) is 0. The molecule has 3 heteroatoms. The number of hydrogen-bond acceptors (Lipinski definition) is 2. The number of rotatable bonds is 12. The largest absolute Gasteiger partial charge is 0.309 e. The summed E-state index contributed by atoms with van der Waals surface area (Å²) in [5, 5.41) is 0. The van der Waals surface area contributed by atoms with Gasteiger partial charge in [0.05, 0.1) is 12.5 Å². The summed E-state index contributed by atoms with van der Waals surface area (Å²) in [6.45, 7) is 0. The van der Waals surface area contributed by atoms with Crippen LogP contribution < -0.4 is 0 Å². The first-order chi connectivity index (χ1) is 20.3. The average molecular weight is 543 g/mol. The van der Waals surface area contributed by atoms with E-state index in [-0.39, 0.29) is 5.78 Å². The minimum atomic E-state index is -0.726. The molecular formula is C38H42N2O. The van der Waals surface area contributed by atoms with Gasteiger partial charge in [-0.2, -0.15) is 0 Å². The molecule has 0 bridgehead atoms.